The van der Waals surface area contributed by atoms with E-state index in [0.717, 1.165) is 55.3 Å². The van der Waals surface area contributed by atoms with Gasteiger partial charge in [0, 0.05) is 57.2 Å². The fraction of sp³-hybridized carbons (Fsp3) is 0.345. The summed E-state index contributed by atoms with van der Waals surface area (Å²) in [6.45, 7) is 7.64. The van der Waals surface area contributed by atoms with Crippen LogP contribution in [-0.2, 0) is 17.8 Å². The summed E-state index contributed by atoms with van der Waals surface area (Å²) < 4.78 is 6.45. The number of carbonyl (C=O) groups is 1. The summed E-state index contributed by atoms with van der Waals surface area (Å²) in [7, 11) is 0. The molecule has 2 saturated heterocycles. The molecule has 38 heavy (non-hydrogen) atoms. The van der Waals surface area contributed by atoms with Crippen LogP contribution in [0.1, 0.15) is 11.1 Å². The number of hydrogen-bond acceptors (Lipinski definition) is 7. The lowest BCUT2D eigenvalue weighted by atomic mass is 10.1. The van der Waals surface area contributed by atoms with Gasteiger partial charge in [0.05, 0.1) is 23.4 Å². The molecule has 0 saturated carbocycles. The largest absolute Gasteiger partial charge is 0.378 e. The molecule has 2 aliphatic heterocycles. The standard InChI is InChI=1S/C29H32N6O2S/c36-29(35-14-16-37-17-15-35)34-12-10-33(11-13-34)20-23-6-8-24(9-7-23)26-18-25-27(38-26)28(32-21-31-25)30-19-22-4-2-1-3-5-22/h1-9,18,21H,10-17,19-20H2,(H,30,31,32). The first-order valence-corrected chi connectivity index (χ1v) is 14.0. The predicted molar refractivity (Wildman–Crippen MR) is 151 cm³/mol. The Hall–Kier alpha value is -3.53. The predicted octanol–water partition coefficient (Wildman–Crippen LogP) is 4.54. The average molecular weight is 529 g/mol. The van der Waals surface area contributed by atoms with Crippen LogP contribution in [0.5, 0.6) is 0 Å². The molecular formula is C29H32N6O2S. The number of ether oxygens (including phenoxy) is 1. The van der Waals surface area contributed by atoms with Gasteiger partial charge in [-0.05, 0) is 22.8 Å². The van der Waals surface area contributed by atoms with E-state index >= 15 is 0 Å². The van der Waals surface area contributed by atoms with Gasteiger partial charge in [-0.3, -0.25) is 4.90 Å². The van der Waals surface area contributed by atoms with E-state index in [1.54, 1.807) is 17.7 Å². The van der Waals surface area contributed by atoms with Gasteiger partial charge in [0.1, 0.15) is 12.1 Å². The highest BCUT2D eigenvalue weighted by atomic mass is 32.1. The van der Waals surface area contributed by atoms with Crippen molar-refractivity contribution in [2.45, 2.75) is 13.1 Å². The van der Waals surface area contributed by atoms with E-state index in [1.807, 2.05) is 28.0 Å². The summed E-state index contributed by atoms with van der Waals surface area (Å²) in [6, 6.07) is 21.5. The average Bonchev–Trinajstić information content (AvgIpc) is 3.43. The van der Waals surface area contributed by atoms with Gasteiger partial charge in [0.15, 0.2) is 0 Å². The molecule has 0 aliphatic carbocycles. The fourth-order valence-electron chi connectivity index (χ4n) is 4.99. The zero-order chi connectivity index (χ0) is 25.7. The van der Waals surface area contributed by atoms with E-state index in [1.165, 1.54) is 21.6 Å². The highest BCUT2D eigenvalue weighted by Gasteiger charge is 2.26. The van der Waals surface area contributed by atoms with Gasteiger partial charge in [-0.25, -0.2) is 14.8 Å². The maximum atomic E-state index is 12.7. The van der Waals surface area contributed by atoms with E-state index in [0.29, 0.717) is 26.3 Å². The number of amides is 2. The van der Waals surface area contributed by atoms with Crippen LogP contribution in [0.15, 0.2) is 67.0 Å². The molecule has 9 heteroatoms. The molecule has 0 bridgehead atoms. The molecular weight excluding hydrogens is 496 g/mol. The first kappa shape index (κ1) is 24.8. The second-order valence-corrected chi connectivity index (χ2v) is 10.8. The highest BCUT2D eigenvalue weighted by molar-refractivity contribution is 7.22. The molecule has 0 atom stereocenters. The van der Waals surface area contributed by atoms with Crippen molar-refractivity contribution in [3.8, 4) is 10.4 Å². The minimum atomic E-state index is 0.156. The van der Waals surface area contributed by atoms with Crippen LogP contribution in [-0.4, -0.2) is 83.2 Å². The molecule has 2 amide bonds. The fourth-order valence-corrected chi connectivity index (χ4v) is 6.07. The number of anilines is 1. The smallest absolute Gasteiger partial charge is 0.320 e. The monoisotopic (exact) mass is 528 g/mol. The molecule has 4 aromatic rings. The number of fused-ring (bicyclic) bond motifs is 1. The Morgan fingerprint density at radius 1 is 0.868 bits per heavy atom. The molecule has 0 spiro atoms. The number of morpholine rings is 1. The maximum Gasteiger partial charge on any atom is 0.320 e. The van der Waals surface area contributed by atoms with Gasteiger partial charge in [-0.2, -0.15) is 0 Å². The molecule has 1 N–H and O–H groups in total. The Bertz CT molecular complexity index is 1360. The third kappa shape index (κ3) is 5.65. The zero-order valence-corrected chi connectivity index (χ0v) is 22.2. The lowest BCUT2D eigenvalue weighted by molar-refractivity contribution is 0.0373. The molecule has 8 nitrogen and oxygen atoms in total. The van der Waals surface area contributed by atoms with Crippen molar-refractivity contribution < 1.29 is 9.53 Å². The Labute approximate surface area is 226 Å². The first-order chi connectivity index (χ1) is 18.7. The van der Waals surface area contributed by atoms with Gasteiger partial charge in [-0.15, -0.1) is 11.3 Å². The molecule has 2 aliphatic rings. The normalized spacial score (nSPS) is 16.6. The third-order valence-electron chi connectivity index (χ3n) is 7.18. The summed E-state index contributed by atoms with van der Waals surface area (Å²) in [5, 5.41) is 3.47. The SMILES string of the molecule is O=C(N1CCOCC1)N1CCN(Cc2ccc(-c3cc4ncnc(NCc5ccccc5)c4s3)cc2)CC1. The molecule has 2 fully saturated rings. The van der Waals surface area contributed by atoms with Gasteiger partial charge < -0.3 is 19.9 Å². The Balaban J connectivity index is 1.06. The summed E-state index contributed by atoms with van der Waals surface area (Å²) >= 11 is 1.72. The van der Waals surface area contributed by atoms with Gasteiger partial charge in [0.2, 0.25) is 0 Å². The van der Waals surface area contributed by atoms with E-state index in [9.17, 15) is 4.79 Å². The number of benzene rings is 2. The Kier molecular flexibility index (Phi) is 7.48. The van der Waals surface area contributed by atoms with Crippen LogP contribution in [0.25, 0.3) is 20.7 Å². The van der Waals surface area contributed by atoms with Gasteiger partial charge in [-0.1, -0.05) is 54.6 Å². The molecule has 0 unspecified atom stereocenters. The van der Waals surface area contributed by atoms with Crippen molar-refractivity contribution >= 4 is 33.4 Å². The Morgan fingerprint density at radius 3 is 2.37 bits per heavy atom. The van der Waals surface area contributed by atoms with Crippen molar-refractivity contribution in [2.24, 2.45) is 0 Å². The molecule has 4 heterocycles. The second-order valence-electron chi connectivity index (χ2n) is 9.73. The van der Waals surface area contributed by atoms with Crippen LogP contribution in [0.3, 0.4) is 0 Å². The van der Waals surface area contributed by atoms with Crippen LogP contribution < -0.4 is 5.32 Å². The van der Waals surface area contributed by atoms with Crippen molar-refractivity contribution in [3.05, 3.63) is 78.1 Å². The summed E-state index contributed by atoms with van der Waals surface area (Å²) in [5.41, 5.74) is 4.65. The lowest BCUT2D eigenvalue weighted by Crippen LogP contribution is -2.54. The number of piperazine rings is 1. The minimum Gasteiger partial charge on any atom is -0.378 e. The summed E-state index contributed by atoms with van der Waals surface area (Å²) in [6.07, 6.45) is 1.63. The van der Waals surface area contributed by atoms with E-state index in [2.05, 4.69) is 62.6 Å². The number of carbonyl (C=O) groups excluding carboxylic acids is 1. The van der Waals surface area contributed by atoms with Crippen molar-refractivity contribution in [1.82, 2.24) is 24.7 Å². The molecule has 2 aromatic heterocycles. The number of aromatic nitrogens is 2. The number of nitrogens with one attached hydrogen (secondary N) is 1. The van der Waals surface area contributed by atoms with E-state index in [-0.39, 0.29) is 6.03 Å². The highest BCUT2D eigenvalue weighted by Crippen LogP contribution is 2.36. The lowest BCUT2D eigenvalue weighted by Gasteiger charge is -2.38. The van der Waals surface area contributed by atoms with Gasteiger partial charge >= 0.3 is 6.03 Å². The van der Waals surface area contributed by atoms with Crippen molar-refractivity contribution in [1.29, 1.82) is 0 Å². The molecule has 0 radical (unpaired) electrons. The number of nitrogens with zero attached hydrogens (tertiary/aromatic N) is 5. The van der Waals surface area contributed by atoms with Gasteiger partial charge in [0.25, 0.3) is 0 Å². The summed E-state index contributed by atoms with van der Waals surface area (Å²) in [5.74, 6) is 0.873. The minimum absolute atomic E-state index is 0.156. The van der Waals surface area contributed by atoms with Crippen LogP contribution in [0.4, 0.5) is 10.6 Å². The Morgan fingerprint density at radius 2 is 1.61 bits per heavy atom. The van der Waals surface area contributed by atoms with E-state index in [4.69, 9.17) is 4.74 Å². The first-order valence-electron chi connectivity index (χ1n) is 13.2. The number of hydrogen-bond donors (Lipinski definition) is 1. The molecule has 196 valence electrons. The van der Waals surface area contributed by atoms with Crippen molar-refractivity contribution in [3.63, 3.8) is 0 Å². The van der Waals surface area contributed by atoms with Crippen LogP contribution >= 0.6 is 11.3 Å². The second kappa shape index (κ2) is 11.5. The van der Waals surface area contributed by atoms with Crippen molar-refractivity contribution in [2.75, 3.05) is 57.8 Å². The number of rotatable bonds is 6. The van der Waals surface area contributed by atoms with Crippen LogP contribution in [0.2, 0.25) is 0 Å². The third-order valence-corrected chi connectivity index (χ3v) is 8.36. The maximum absolute atomic E-state index is 12.7. The zero-order valence-electron chi connectivity index (χ0n) is 21.4. The topological polar surface area (TPSA) is 73.8 Å². The number of urea groups is 1. The molecule has 2 aromatic carbocycles. The number of thiophene rings is 1. The van der Waals surface area contributed by atoms with E-state index < -0.39 is 0 Å². The molecule has 6 rings (SSSR count). The van der Waals surface area contributed by atoms with Crippen LogP contribution in [0, 0.1) is 0 Å². The quantitative estimate of drug-likeness (QED) is 0.396. The summed E-state index contributed by atoms with van der Waals surface area (Å²) in [4.78, 5) is 29.3.